The minimum atomic E-state index is -0.288. The number of H-pyrrole nitrogens is 1. The van der Waals surface area contributed by atoms with E-state index in [9.17, 15) is 0 Å². The Balaban J connectivity index is 2.28. The monoisotopic (exact) mass is 204 g/mol. The van der Waals surface area contributed by atoms with Crippen molar-refractivity contribution in [2.45, 2.75) is 19.4 Å². The molecular formula is C12H16N2O. The molecule has 1 aromatic carbocycles. The van der Waals surface area contributed by atoms with Gasteiger partial charge < -0.3 is 15.4 Å². The van der Waals surface area contributed by atoms with Gasteiger partial charge in [0.25, 0.3) is 0 Å². The van der Waals surface area contributed by atoms with Crippen LogP contribution in [0.15, 0.2) is 30.5 Å². The minimum Gasteiger partial charge on any atom is -0.394 e. The van der Waals surface area contributed by atoms with Gasteiger partial charge in [-0.2, -0.15) is 0 Å². The third-order valence-corrected chi connectivity index (χ3v) is 2.43. The zero-order chi connectivity index (χ0) is 10.9. The molecular weight excluding hydrogens is 188 g/mol. The molecule has 3 nitrogen and oxygen atoms in total. The van der Waals surface area contributed by atoms with E-state index in [0.29, 0.717) is 0 Å². The van der Waals surface area contributed by atoms with E-state index in [-0.39, 0.29) is 12.1 Å². The summed E-state index contributed by atoms with van der Waals surface area (Å²) < 4.78 is 0. The van der Waals surface area contributed by atoms with E-state index in [1.54, 1.807) is 0 Å². The summed E-state index contributed by atoms with van der Waals surface area (Å²) in [4.78, 5) is 3.15. The van der Waals surface area contributed by atoms with Crippen molar-refractivity contribution in [1.82, 2.24) is 4.98 Å². The number of aromatic nitrogens is 1. The van der Waals surface area contributed by atoms with Crippen molar-refractivity contribution in [1.29, 1.82) is 0 Å². The molecule has 0 atom stereocenters. The van der Waals surface area contributed by atoms with Crippen LogP contribution in [0.2, 0.25) is 0 Å². The Morgan fingerprint density at radius 3 is 2.87 bits per heavy atom. The molecule has 2 aromatic rings. The van der Waals surface area contributed by atoms with Crippen LogP contribution in [0.3, 0.4) is 0 Å². The topological polar surface area (TPSA) is 48.0 Å². The van der Waals surface area contributed by atoms with E-state index in [0.717, 1.165) is 11.2 Å². The summed E-state index contributed by atoms with van der Waals surface area (Å²) >= 11 is 0. The third-order valence-electron chi connectivity index (χ3n) is 2.43. The van der Waals surface area contributed by atoms with Gasteiger partial charge >= 0.3 is 0 Å². The molecule has 3 N–H and O–H groups in total. The lowest BCUT2D eigenvalue weighted by Crippen LogP contribution is -2.34. The van der Waals surface area contributed by atoms with Crippen LogP contribution in [0.5, 0.6) is 0 Å². The molecule has 0 unspecified atom stereocenters. The Labute approximate surface area is 89.1 Å². The number of hydrogen-bond acceptors (Lipinski definition) is 2. The van der Waals surface area contributed by atoms with Gasteiger partial charge in [-0.15, -0.1) is 0 Å². The highest BCUT2D eigenvalue weighted by molar-refractivity contribution is 5.83. The van der Waals surface area contributed by atoms with Crippen LogP contribution in [0, 0.1) is 0 Å². The lowest BCUT2D eigenvalue weighted by Gasteiger charge is -2.24. The van der Waals surface area contributed by atoms with Crippen LogP contribution in [0.25, 0.3) is 10.9 Å². The number of anilines is 1. The Morgan fingerprint density at radius 2 is 2.13 bits per heavy atom. The average Bonchev–Trinajstić information content (AvgIpc) is 2.64. The van der Waals surface area contributed by atoms with Crippen LogP contribution in [-0.4, -0.2) is 22.2 Å². The maximum atomic E-state index is 9.16. The highest BCUT2D eigenvalue weighted by Gasteiger charge is 2.15. The van der Waals surface area contributed by atoms with Crippen molar-refractivity contribution in [2.24, 2.45) is 0 Å². The number of fused-ring (bicyclic) bond motifs is 1. The second-order valence-electron chi connectivity index (χ2n) is 4.45. The van der Waals surface area contributed by atoms with Gasteiger partial charge in [-0.25, -0.2) is 0 Å². The maximum absolute atomic E-state index is 9.16. The fraction of sp³-hybridized carbons (Fsp3) is 0.333. The number of rotatable bonds is 3. The van der Waals surface area contributed by atoms with Crippen molar-refractivity contribution in [2.75, 3.05) is 11.9 Å². The average molecular weight is 204 g/mol. The SMILES string of the molecule is CC(C)(CO)Nc1ccc2[nH]ccc2c1. The van der Waals surface area contributed by atoms with Crippen molar-refractivity contribution < 1.29 is 5.11 Å². The third kappa shape index (κ3) is 2.13. The molecule has 0 spiro atoms. The first kappa shape index (κ1) is 10.1. The maximum Gasteiger partial charge on any atom is 0.0656 e. The molecule has 1 heterocycles. The smallest absolute Gasteiger partial charge is 0.0656 e. The molecule has 0 aliphatic rings. The Hall–Kier alpha value is -1.48. The van der Waals surface area contributed by atoms with Gasteiger partial charge in [0.1, 0.15) is 0 Å². The molecule has 15 heavy (non-hydrogen) atoms. The molecule has 2 rings (SSSR count). The van der Waals surface area contributed by atoms with Crippen LogP contribution >= 0.6 is 0 Å². The largest absolute Gasteiger partial charge is 0.394 e. The normalized spacial score (nSPS) is 11.9. The number of aromatic amines is 1. The molecule has 3 heteroatoms. The summed E-state index contributed by atoms with van der Waals surface area (Å²) in [5.41, 5.74) is 1.87. The van der Waals surface area contributed by atoms with Crippen LogP contribution < -0.4 is 5.32 Å². The summed E-state index contributed by atoms with van der Waals surface area (Å²) in [6.07, 6.45) is 1.92. The number of aliphatic hydroxyl groups is 1. The summed E-state index contributed by atoms with van der Waals surface area (Å²) in [5, 5.41) is 13.6. The number of nitrogens with one attached hydrogen (secondary N) is 2. The van der Waals surface area contributed by atoms with Gasteiger partial charge in [-0.3, -0.25) is 0 Å². The lowest BCUT2D eigenvalue weighted by atomic mass is 10.1. The molecule has 0 saturated heterocycles. The fourth-order valence-electron chi connectivity index (χ4n) is 1.56. The zero-order valence-electron chi connectivity index (χ0n) is 9.04. The second-order valence-corrected chi connectivity index (χ2v) is 4.45. The summed E-state index contributed by atoms with van der Waals surface area (Å²) in [7, 11) is 0. The van der Waals surface area contributed by atoms with E-state index < -0.39 is 0 Å². The molecule has 0 saturated carbocycles. The van der Waals surface area contributed by atoms with Crippen molar-refractivity contribution in [3.8, 4) is 0 Å². The molecule has 0 bridgehead atoms. The van der Waals surface area contributed by atoms with Gasteiger partial charge in [-0.05, 0) is 38.1 Å². The van der Waals surface area contributed by atoms with Crippen LogP contribution in [-0.2, 0) is 0 Å². The van der Waals surface area contributed by atoms with Crippen molar-refractivity contribution >= 4 is 16.6 Å². The minimum absolute atomic E-state index is 0.109. The summed E-state index contributed by atoms with van der Waals surface area (Å²) in [5.74, 6) is 0. The molecule has 0 amide bonds. The predicted octanol–water partition coefficient (Wildman–Crippen LogP) is 2.35. The molecule has 1 aromatic heterocycles. The van der Waals surface area contributed by atoms with Gasteiger partial charge in [0, 0.05) is 22.8 Å². The first-order chi connectivity index (χ1) is 7.11. The Kier molecular flexibility index (Phi) is 2.40. The van der Waals surface area contributed by atoms with E-state index in [1.165, 1.54) is 5.39 Å². The summed E-state index contributed by atoms with van der Waals surface area (Å²) in [6.45, 7) is 4.04. The quantitative estimate of drug-likeness (QED) is 0.718. The fourth-order valence-corrected chi connectivity index (χ4v) is 1.56. The molecule has 0 fully saturated rings. The number of hydrogen-bond donors (Lipinski definition) is 3. The number of benzene rings is 1. The van der Waals surface area contributed by atoms with Crippen molar-refractivity contribution in [3.05, 3.63) is 30.5 Å². The predicted molar refractivity (Wildman–Crippen MR) is 63.1 cm³/mol. The Bertz CT molecular complexity index is 459. The van der Waals surface area contributed by atoms with Gasteiger partial charge in [0.05, 0.1) is 12.1 Å². The van der Waals surface area contributed by atoms with Crippen LogP contribution in [0.4, 0.5) is 5.69 Å². The first-order valence-electron chi connectivity index (χ1n) is 5.07. The lowest BCUT2D eigenvalue weighted by molar-refractivity contribution is 0.234. The zero-order valence-corrected chi connectivity index (χ0v) is 9.04. The molecule has 0 radical (unpaired) electrons. The van der Waals surface area contributed by atoms with E-state index >= 15 is 0 Å². The summed E-state index contributed by atoms with van der Waals surface area (Å²) in [6, 6.07) is 8.15. The van der Waals surface area contributed by atoms with Gasteiger partial charge in [-0.1, -0.05) is 0 Å². The van der Waals surface area contributed by atoms with Gasteiger partial charge in [0.2, 0.25) is 0 Å². The van der Waals surface area contributed by atoms with E-state index in [2.05, 4.69) is 16.4 Å². The van der Waals surface area contributed by atoms with E-state index in [4.69, 9.17) is 5.11 Å². The second kappa shape index (κ2) is 3.59. The highest BCUT2D eigenvalue weighted by Crippen LogP contribution is 2.20. The molecule has 0 aliphatic heterocycles. The standard InChI is InChI=1S/C12H16N2O/c1-12(2,8-15)14-10-3-4-11-9(7-10)5-6-13-11/h3-7,13-15H,8H2,1-2H3. The number of aliphatic hydroxyl groups excluding tert-OH is 1. The molecule has 80 valence electrons. The highest BCUT2D eigenvalue weighted by atomic mass is 16.3. The Morgan fingerprint density at radius 1 is 1.33 bits per heavy atom. The first-order valence-corrected chi connectivity index (χ1v) is 5.07. The van der Waals surface area contributed by atoms with Crippen LogP contribution in [0.1, 0.15) is 13.8 Å². The van der Waals surface area contributed by atoms with E-state index in [1.807, 2.05) is 38.2 Å². The molecule has 0 aliphatic carbocycles. The van der Waals surface area contributed by atoms with Crippen molar-refractivity contribution in [3.63, 3.8) is 0 Å². The van der Waals surface area contributed by atoms with Gasteiger partial charge in [0.15, 0.2) is 0 Å².